The summed E-state index contributed by atoms with van der Waals surface area (Å²) in [6.45, 7) is 12.9. The molecule has 3 aromatic carbocycles. The van der Waals surface area contributed by atoms with Gasteiger partial charge >= 0.3 is 6.09 Å². The van der Waals surface area contributed by atoms with Gasteiger partial charge in [0.2, 0.25) is 11.8 Å². The maximum atomic E-state index is 14.5. The molecule has 2 aromatic heterocycles. The number of fused-ring (bicyclic) bond motifs is 6. The lowest BCUT2D eigenvalue weighted by Gasteiger charge is -2.39. The van der Waals surface area contributed by atoms with Crippen molar-refractivity contribution in [1.82, 2.24) is 35.1 Å². The van der Waals surface area contributed by atoms with Gasteiger partial charge in [0.25, 0.3) is 0 Å². The molecule has 3 fully saturated rings. The van der Waals surface area contributed by atoms with E-state index in [-0.39, 0.29) is 54.1 Å². The first kappa shape index (κ1) is 40.9. The predicted octanol–water partition coefficient (Wildman–Crippen LogP) is 9.13. The number of methoxy groups -OCH3 is 1. The Balaban J connectivity index is 0.960. The van der Waals surface area contributed by atoms with Crippen LogP contribution in [-0.4, -0.2) is 85.1 Å². The number of rotatable bonds is 9. The van der Waals surface area contributed by atoms with Crippen LogP contribution in [0.4, 0.5) is 4.79 Å². The van der Waals surface area contributed by atoms with Crippen LogP contribution in [0.1, 0.15) is 122 Å². The number of alkyl carbamates (subject to hydrolysis) is 1. The van der Waals surface area contributed by atoms with Crippen LogP contribution in [0.15, 0.2) is 48.7 Å². The highest BCUT2D eigenvalue weighted by molar-refractivity contribution is 6.07. The molecular weight excluding hydrogens is 771 g/mol. The van der Waals surface area contributed by atoms with Crippen molar-refractivity contribution in [2.75, 3.05) is 7.11 Å². The number of aromatic amines is 2. The van der Waals surface area contributed by atoms with E-state index in [9.17, 15) is 14.4 Å². The first-order valence-electron chi connectivity index (χ1n) is 22.3. The van der Waals surface area contributed by atoms with Crippen LogP contribution >= 0.6 is 0 Å². The van der Waals surface area contributed by atoms with Crippen molar-refractivity contribution in [3.8, 4) is 28.1 Å². The maximum Gasteiger partial charge on any atom is 0.407 e. The molecule has 0 spiro atoms. The SMILES string of the molecule is CC[C@@H](C)CC(=O)N1[C@@H](C)CC[C@H]1c1nc2c(ccc3cc4c(cc32)OCc2cc(-c3cnc([C@@H]5CC[C@H](C)N5C(=O)[C@@H](NC(=O)OC)C5C[C@@H](C)O[C@H](C)C5)[nH]3)ccc2-4)[nH]1. The number of hydrogen-bond donors (Lipinski definition) is 3. The summed E-state index contributed by atoms with van der Waals surface area (Å²) in [5.74, 6) is 2.76. The van der Waals surface area contributed by atoms with Crippen molar-refractivity contribution in [3.05, 3.63) is 65.9 Å². The highest BCUT2D eigenvalue weighted by Gasteiger charge is 2.44. The van der Waals surface area contributed by atoms with Gasteiger partial charge in [-0.05, 0) is 124 Å². The monoisotopic (exact) mass is 829 g/mol. The molecule has 13 heteroatoms. The van der Waals surface area contributed by atoms with Gasteiger partial charge in [-0.15, -0.1) is 0 Å². The predicted molar refractivity (Wildman–Crippen MR) is 234 cm³/mol. The number of likely N-dealkylation sites (tertiary alicyclic amines) is 2. The average molecular weight is 830 g/mol. The number of benzene rings is 3. The molecule has 3 amide bonds. The zero-order chi connectivity index (χ0) is 42.7. The van der Waals surface area contributed by atoms with Crippen molar-refractivity contribution in [2.45, 2.75) is 142 Å². The zero-order valence-corrected chi connectivity index (χ0v) is 36.4. The number of carbonyl (C=O) groups is 3. The van der Waals surface area contributed by atoms with Gasteiger partial charge in [0.05, 0.1) is 54.3 Å². The number of nitrogens with zero attached hydrogens (tertiary/aromatic N) is 4. The largest absolute Gasteiger partial charge is 0.488 e. The van der Waals surface area contributed by atoms with Crippen LogP contribution in [0.3, 0.4) is 0 Å². The Morgan fingerprint density at radius 3 is 2.38 bits per heavy atom. The molecule has 5 aromatic rings. The van der Waals surface area contributed by atoms with Gasteiger partial charge in [0.15, 0.2) is 0 Å². The van der Waals surface area contributed by atoms with E-state index in [2.05, 4.69) is 90.3 Å². The molecule has 9 rings (SSSR count). The summed E-state index contributed by atoms with van der Waals surface area (Å²) in [6, 6.07) is 14.1. The van der Waals surface area contributed by atoms with E-state index in [1.807, 2.05) is 24.9 Å². The Morgan fingerprint density at radius 2 is 1.64 bits per heavy atom. The third-order valence-corrected chi connectivity index (χ3v) is 13.9. The standard InChI is InChI=1S/C48H59N7O6/c1-8-25(2)17-42(56)54-26(3)9-16-40(54)46-50-37-14-12-30-21-36-34-13-11-31(20-33(34)24-60-41(36)22-35(30)44(37)52-46)38-23-49-45(51-38)39-15-10-27(4)55(39)47(57)43(53-48(58)59-7)32-18-28(5)61-29(6)19-32/h11-14,20-23,25-29,32,39-40,43H,8-10,15-19,24H2,1-7H3,(H,49,51)(H,50,52)(H,53,58)/t25-,26+,27+,28-,29-,39+,40+,43+/m1/s1. The van der Waals surface area contributed by atoms with E-state index in [0.29, 0.717) is 31.8 Å². The molecule has 0 unspecified atom stereocenters. The van der Waals surface area contributed by atoms with Crippen LogP contribution in [0, 0.1) is 11.8 Å². The second-order valence-corrected chi connectivity index (χ2v) is 18.2. The summed E-state index contributed by atoms with van der Waals surface area (Å²) in [7, 11) is 1.32. The first-order chi connectivity index (χ1) is 29.4. The maximum absolute atomic E-state index is 14.5. The number of amides is 3. The first-order valence-corrected chi connectivity index (χ1v) is 22.3. The van der Waals surface area contributed by atoms with Crippen LogP contribution < -0.4 is 10.1 Å². The lowest BCUT2D eigenvalue weighted by atomic mass is 9.85. The fourth-order valence-electron chi connectivity index (χ4n) is 10.6. The Hall–Kier alpha value is -5.43. The van der Waals surface area contributed by atoms with Crippen LogP contribution in [0.5, 0.6) is 5.75 Å². The number of imidazole rings is 2. The topological polar surface area (TPSA) is 155 Å². The molecule has 0 saturated carbocycles. The molecule has 0 radical (unpaired) electrons. The van der Waals surface area contributed by atoms with E-state index in [1.54, 1.807) is 0 Å². The van der Waals surface area contributed by atoms with Gasteiger partial charge in [-0.2, -0.15) is 0 Å². The summed E-state index contributed by atoms with van der Waals surface area (Å²) in [6.07, 6.45) is 7.53. The van der Waals surface area contributed by atoms with Crippen LogP contribution in [0.2, 0.25) is 0 Å². The van der Waals surface area contributed by atoms with Gasteiger partial charge in [-0.25, -0.2) is 14.8 Å². The van der Waals surface area contributed by atoms with Gasteiger partial charge in [0.1, 0.15) is 30.0 Å². The number of H-pyrrole nitrogens is 2. The van der Waals surface area contributed by atoms with Gasteiger partial charge in [0, 0.05) is 29.5 Å². The third-order valence-electron chi connectivity index (χ3n) is 13.9. The number of nitrogens with one attached hydrogen (secondary N) is 3. The molecule has 61 heavy (non-hydrogen) atoms. The summed E-state index contributed by atoms with van der Waals surface area (Å²) in [5, 5.41) is 4.98. The van der Waals surface area contributed by atoms with E-state index in [1.165, 1.54) is 7.11 Å². The van der Waals surface area contributed by atoms with Gasteiger partial charge in [-0.1, -0.05) is 38.5 Å². The molecule has 0 bridgehead atoms. The lowest BCUT2D eigenvalue weighted by molar-refractivity contribution is -0.140. The van der Waals surface area contributed by atoms with E-state index in [0.717, 1.165) is 99.3 Å². The molecule has 3 saturated heterocycles. The lowest BCUT2D eigenvalue weighted by Crippen LogP contribution is -2.55. The molecule has 0 aliphatic carbocycles. The fraction of sp³-hybridized carbons (Fsp3) is 0.521. The van der Waals surface area contributed by atoms with E-state index < -0.39 is 12.1 Å². The number of hydrogen-bond acceptors (Lipinski definition) is 8. The Labute approximate surface area is 357 Å². The second-order valence-electron chi connectivity index (χ2n) is 18.2. The Bertz CT molecular complexity index is 2470. The molecular formula is C48H59N7O6. The summed E-state index contributed by atoms with van der Waals surface area (Å²) in [4.78, 5) is 61.6. The Morgan fingerprint density at radius 1 is 0.902 bits per heavy atom. The van der Waals surface area contributed by atoms with Gasteiger partial charge in [-0.3, -0.25) is 9.59 Å². The average Bonchev–Trinajstić information content (AvgIpc) is 4.07. The van der Waals surface area contributed by atoms with Crippen LogP contribution in [-0.2, 0) is 25.7 Å². The summed E-state index contributed by atoms with van der Waals surface area (Å²) < 4.78 is 17.4. The number of carbonyl (C=O) groups excluding carboxylic acids is 3. The van der Waals surface area contributed by atoms with Crippen molar-refractivity contribution in [1.29, 1.82) is 0 Å². The number of aromatic nitrogens is 4. The number of ether oxygens (including phenoxy) is 3. The molecule has 13 nitrogen and oxygen atoms in total. The highest BCUT2D eigenvalue weighted by Crippen LogP contribution is 2.44. The highest BCUT2D eigenvalue weighted by atomic mass is 16.5. The fourth-order valence-corrected chi connectivity index (χ4v) is 10.6. The Kier molecular flexibility index (Phi) is 11.0. The normalized spacial score (nSPS) is 25.9. The van der Waals surface area contributed by atoms with Crippen molar-refractivity contribution in [3.63, 3.8) is 0 Å². The zero-order valence-electron chi connectivity index (χ0n) is 36.4. The molecule has 322 valence electrons. The molecule has 3 N–H and O–H groups in total. The van der Waals surface area contributed by atoms with Crippen molar-refractivity contribution >= 4 is 39.7 Å². The molecule has 6 heterocycles. The van der Waals surface area contributed by atoms with Crippen LogP contribution in [0.25, 0.3) is 44.2 Å². The molecule has 8 atom stereocenters. The quantitative estimate of drug-likeness (QED) is 0.133. The molecule has 4 aliphatic rings. The minimum absolute atomic E-state index is 0.0181. The second kappa shape index (κ2) is 16.4. The smallest absolute Gasteiger partial charge is 0.407 e. The summed E-state index contributed by atoms with van der Waals surface area (Å²) >= 11 is 0. The van der Waals surface area contributed by atoms with Crippen molar-refractivity contribution < 1.29 is 28.6 Å². The van der Waals surface area contributed by atoms with E-state index in [4.69, 9.17) is 24.2 Å². The third kappa shape index (κ3) is 7.63. The molecule has 4 aliphatic heterocycles. The van der Waals surface area contributed by atoms with E-state index >= 15 is 0 Å². The summed E-state index contributed by atoms with van der Waals surface area (Å²) in [5.41, 5.74) is 6.91. The van der Waals surface area contributed by atoms with Gasteiger partial charge < -0.3 is 39.3 Å². The minimum Gasteiger partial charge on any atom is -0.488 e. The van der Waals surface area contributed by atoms with Crippen molar-refractivity contribution in [2.24, 2.45) is 11.8 Å². The minimum atomic E-state index is -0.731.